The number of nitrogens with zero attached hydrogens (tertiary/aromatic N) is 3. The number of thiophene rings is 1. The van der Waals surface area contributed by atoms with Crippen LogP contribution in [0.1, 0.15) is 10.5 Å². The number of hydrogen-bond donors (Lipinski definition) is 2. The minimum Gasteiger partial charge on any atom is -0.476 e. The molecule has 3 aromatic rings. The van der Waals surface area contributed by atoms with E-state index < -0.39 is 5.97 Å². The van der Waals surface area contributed by atoms with Gasteiger partial charge in [-0.1, -0.05) is 0 Å². The van der Waals surface area contributed by atoms with Crippen LogP contribution in [-0.4, -0.2) is 32.2 Å². The maximum absolute atomic E-state index is 10.7. The first-order valence-electron chi connectivity index (χ1n) is 6.05. The van der Waals surface area contributed by atoms with E-state index in [1.54, 1.807) is 22.1 Å². The van der Waals surface area contributed by atoms with Crippen molar-refractivity contribution in [2.75, 3.05) is 11.9 Å². The molecule has 0 aliphatic carbocycles. The molecule has 2 N–H and O–H groups in total. The Bertz CT molecular complexity index is 750. The molecule has 20 heavy (non-hydrogen) atoms. The van der Waals surface area contributed by atoms with Crippen molar-refractivity contribution in [3.05, 3.63) is 41.9 Å². The number of anilines is 1. The molecule has 0 saturated heterocycles. The van der Waals surface area contributed by atoms with E-state index in [1.807, 2.05) is 17.5 Å². The van der Waals surface area contributed by atoms with Crippen LogP contribution in [0, 0.1) is 0 Å². The van der Waals surface area contributed by atoms with Crippen LogP contribution in [-0.2, 0) is 6.54 Å². The highest BCUT2D eigenvalue weighted by Crippen LogP contribution is 2.25. The number of aromatic carboxylic acids is 1. The Labute approximate surface area is 118 Å². The number of carbonyl (C=O) groups is 1. The third kappa shape index (κ3) is 2.48. The molecule has 3 rings (SSSR count). The first-order valence-corrected chi connectivity index (χ1v) is 6.93. The van der Waals surface area contributed by atoms with E-state index in [-0.39, 0.29) is 5.69 Å². The number of aromatic nitrogens is 3. The van der Waals surface area contributed by atoms with Crippen LogP contribution in [0.3, 0.4) is 0 Å². The summed E-state index contributed by atoms with van der Waals surface area (Å²) in [7, 11) is 0. The molecule has 0 atom stereocenters. The molecule has 0 saturated carbocycles. The monoisotopic (exact) mass is 288 g/mol. The summed E-state index contributed by atoms with van der Waals surface area (Å²) in [6.07, 6.45) is 4.81. The molecule has 0 spiro atoms. The lowest BCUT2D eigenvalue weighted by Gasteiger charge is -2.07. The normalized spacial score (nSPS) is 10.8. The quantitative estimate of drug-likeness (QED) is 0.753. The number of carboxylic acids is 1. The molecule has 102 valence electrons. The predicted molar refractivity (Wildman–Crippen MR) is 77.3 cm³/mol. The highest BCUT2D eigenvalue weighted by molar-refractivity contribution is 7.17. The zero-order valence-electron chi connectivity index (χ0n) is 10.5. The number of hydrogen-bond acceptors (Lipinski definition) is 5. The third-order valence-corrected chi connectivity index (χ3v) is 3.78. The van der Waals surface area contributed by atoms with Gasteiger partial charge >= 0.3 is 5.97 Å². The maximum Gasteiger partial charge on any atom is 0.356 e. The average Bonchev–Trinajstić information content (AvgIpc) is 3.07. The fourth-order valence-electron chi connectivity index (χ4n) is 1.93. The van der Waals surface area contributed by atoms with Crippen molar-refractivity contribution in [1.29, 1.82) is 0 Å². The lowest BCUT2D eigenvalue weighted by atomic mass is 10.3. The number of carboxylic acid groups (broad SMARTS) is 1. The first-order chi connectivity index (χ1) is 9.74. The molecule has 0 radical (unpaired) electrons. The molecule has 3 heterocycles. The molecule has 0 unspecified atom stereocenters. The van der Waals surface area contributed by atoms with Gasteiger partial charge in [0.2, 0.25) is 0 Å². The molecule has 0 amide bonds. The third-order valence-electron chi connectivity index (χ3n) is 2.89. The van der Waals surface area contributed by atoms with Crippen molar-refractivity contribution < 1.29 is 9.90 Å². The van der Waals surface area contributed by atoms with Gasteiger partial charge in [0.1, 0.15) is 5.82 Å². The molecular formula is C13H12N4O2S. The van der Waals surface area contributed by atoms with Crippen LogP contribution < -0.4 is 5.32 Å². The summed E-state index contributed by atoms with van der Waals surface area (Å²) in [6, 6.07) is 4.02. The van der Waals surface area contributed by atoms with Crippen LogP contribution >= 0.6 is 11.3 Å². The first kappa shape index (κ1) is 12.6. The van der Waals surface area contributed by atoms with Gasteiger partial charge in [-0.05, 0) is 17.5 Å². The van der Waals surface area contributed by atoms with Crippen molar-refractivity contribution in [1.82, 2.24) is 14.5 Å². The van der Waals surface area contributed by atoms with Gasteiger partial charge in [0.15, 0.2) is 5.69 Å². The van der Waals surface area contributed by atoms with E-state index in [2.05, 4.69) is 15.3 Å². The zero-order chi connectivity index (χ0) is 13.9. The zero-order valence-corrected chi connectivity index (χ0v) is 11.3. The van der Waals surface area contributed by atoms with Crippen molar-refractivity contribution in [3.63, 3.8) is 0 Å². The van der Waals surface area contributed by atoms with E-state index in [0.29, 0.717) is 13.1 Å². The summed E-state index contributed by atoms with van der Waals surface area (Å²) in [5, 5.41) is 15.2. The minimum absolute atomic E-state index is 0.0584. The van der Waals surface area contributed by atoms with Gasteiger partial charge in [-0.3, -0.25) is 0 Å². The molecule has 3 aromatic heterocycles. The van der Waals surface area contributed by atoms with E-state index in [0.717, 1.165) is 11.2 Å². The van der Waals surface area contributed by atoms with Crippen LogP contribution in [0.25, 0.3) is 10.1 Å². The van der Waals surface area contributed by atoms with Gasteiger partial charge in [0.25, 0.3) is 0 Å². The molecular weight excluding hydrogens is 276 g/mol. The van der Waals surface area contributed by atoms with E-state index in [1.165, 1.54) is 17.2 Å². The second-order valence-corrected chi connectivity index (χ2v) is 5.17. The standard InChI is InChI=1S/C13H12N4O2S/c18-13(19)10-7-17(8-16-10)5-4-15-12-9-2-6-20-11(9)1-3-14-12/h1-3,6-8H,4-5H2,(H,14,15)(H,18,19). The largest absolute Gasteiger partial charge is 0.476 e. The van der Waals surface area contributed by atoms with Gasteiger partial charge in [0, 0.05) is 35.6 Å². The number of fused-ring (bicyclic) bond motifs is 1. The van der Waals surface area contributed by atoms with Gasteiger partial charge < -0.3 is 15.0 Å². The van der Waals surface area contributed by atoms with Crippen molar-refractivity contribution >= 4 is 33.2 Å². The molecule has 0 aliphatic heterocycles. The Balaban J connectivity index is 1.64. The lowest BCUT2D eigenvalue weighted by molar-refractivity contribution is 0.0691. The fraction of sp³-hybridized carbons (Fsp3) is 0.154. The van der Waals surface area contributed by atoms with E-state index in [9.17, 15) is 4.79 Å². The number of nitrogens with one attached hydrogen (secondary N) is 1. The molecule has 0 aromatic carbocycles. The number of imidazole rings is 1. The Morgan fingerprint density at radius 2 is 2.30 bits per heavy atom. The molecule has 0 fully saturated rings. The molecule has 0 bridgehead atoms. The summed E-state index contributed by atoms with van der Waals surface area (Å²) in [4.78, 5) is 18.9. The topological polar surface area (TPSA) is 80.0 Å². The van der Waals surface area contributed by atoms with Crippen molar-refractivity contribution in [2.45, 2.75) is 6.54 Å². The van der Waals surface area contributed by atoms with Gasteiger partial charge in [-0.2, -0.15) is 0 Å². The summed E-state index contributed by atoms with van der Waals surface area (Å²) in [5.74, 6) is -0.163. The maximum atomic E-state index is 10.7. The smallest absolute Gasteiger partial charge is 0.356 e. The van der Waals surface area contributed by atoms with Gasteiger partial charge in [0.05, 0.1) is 6.33 Å². The minimum atomic E-state index is -1.01. The van der Waals surface area contributed by atoms with Crippen LogP contribution in [0.4, 0.5) is 5.82 Å². The van der Waals surface area contributed by atoms with Crippen LogP contribution in [0.2, 0.25) is 0 Å². The summed E-state index contributed by atoms with van der Waals surface area (Å²) >= 11 is 1.68. The average molecular weight is 288 g/mol. The number of rotatable bonds is 5. The second kappa shape index (κ2) is 5.30. The molecule has 6 nitrogen and oxygen atoms in total. The second-order valence-electron chi connectivity index (χ2n) is 4.22. The van der Waals surface area contributed by atoms with Crippen LogP contribution in [0.5, 0.6) is 0 Å². The molecule has 7 heteroatoms. The van der Waals surface area contributed by atoms with E-state index in [4.69, 9.17) is 5.11 Å². The lowest BCUT2D eigenvalue weighted by Crippen LogP contribution is -2.10. The fourth-order valence-corrected chi connectivity index (χ4v) is 2.71. The summed E-state index contributed by atoms with van der Waals surface area (Å²) < 4.78 is 2.93. The van der Waals surface area contributed by atoms with Gasteiger partial charge in [-0.15, -0.1) is 11.3 Å². The van der Waals surface area contributed by atoms with Crippen molar-refractivity contribution in [2.24, 2.45) is 0 Å². The Hall–Kier alpha value is -2.41. The Morgan fingerprint density at radius 1 is 1.40 bits per heavy atom. The molecule has 0 aliphatic rings. The predicted octanol–water partition coefficient (Wildman–Crippen LogP) is 2.30. The summed E-state index contributed by atoms with van der Waals surface area (Å²) in [6.45, 7) is 1.28. The van der Waals surface area contributed by atoms with Crippen molar-refractivity contribution in [3.8, 4) is 0 Å². The Morgan fingerprint density at radius 3 is 3.10 bits per heavy atom. The Kier molecular flexibility index (Phi) is 3.34. The highest BCUT2D eigenvalue weighted by Gasteiger charge is 2.06. The SMILES string of the molecule is O=C(O)c1cn(CCNc2nccc3sccc23)cn1. The number of pyridine rings is 1. The highest BCUT2D eigenvalue weighted by atomic mass is 32.1. The summed E-state index contributed by atoms with van der Waals surface area (Å²) in [5.41, 5.74) is 0.0584. The van der Waals surface area contributed by atoms with Crippen LogP contribution in [0.15, 0.2) is 36.2 Å². The van der Waals surface area contributed by atoms with Gasteiger partial charge in [-0.25, -0.2) is 14.8 Å². The van der Waals surface area contributed by atoms with E-state index >= 15 is 0 Å².